The van der Waals surface area contributed by atoms with Gasteiger partial charge in [0, 0.05) is 5.38 Å². The van der Waals surface area contributed by atoms with Crippen LogP contribution in [-0.2, 0) is 19.9 Å². The summed E-state index contributed by atoms with van der Waals surface area (Å²) in [6.45, 7) is 5.41. The van der Waals surface area contributed by atoms with Gasteiger partial charge in [-0.3, -0.25) is 0 Å². The molecule has 0 aliphatic rings. The number of hydrogen-bond acceptors (Lipinski definition) is 7. The van der Waals surface area contributed by atoms with Gasteiger partial charge in [-0.15, -0.1) is 11.3 Å². The molecule has 0 amide bonds. The highest BCUT2D eigenvalue weighted by atomic mass is 32.1. The van der Waals surface area contributed by atoms with Gasteiger partial charge < -0.3 is 14.9 Å². The van der Waals surface area contributed by atoms with Crippen LogP contribution in [0.3, 0.4) is 0 Å². The maximum Gasteiger partial charge on any atom is 0.362 e. The second kappa shape index (κ2) is 11.3. The summed E-state index contributed by atoms with van der Waals surface area (Å²) in [7, 11) is 0. The van der Waals surface area contributed by atoms with Gasteiger partial charge in [0.25, 0.3) is 0 Å². The van der Waals surface area contributed by atoms with Crippen LogP contribution in [-0.4, -0.2) is 23.3 Å². The van der Waals surface area contributed by atoms with Crippen molar-refractivity contribution in [2.24, 2.45) is 5.16 Å². The topological polar surface area (TPSA) is 72.8 Å². The van der Waals surface area contributed by atoms with Gasteiger partial charge in [-0.05, 0) is 23.6 Å². The van der Waals surface area contributed by atoms with E-state index in [1.54, 1.807) is 12.3 Å². The number of carbonyl (C=O) groups is 1. The number of anilines is 1. The summed E-state index contributed by atoms with van der Waals surface area (Å²) in [5, 5.41) is 9.89. The Labute approximate surface area is 208 Å². The van der Waals surface area contributed by atoms with E-state index in [2.05, 4.69) is 58.4 Å². The lowest BCUT2D eigenvalue weighted by Gasteiger charge is -2.36. The maximum atomic E-state index is 12.5. The van der Waals surface area contributed by atoms with Crippen molar-refractivity contribution in [1.82, 2.24) is 4.98 Å². The molecule has 0 spiro atoms. The summed E-state index contributed by atoms with van der Waals surface area (Å²) in [4.78, 5) is 22.1. The molecule has 0 aliphatic carbocycles. The van der Waals surface area contributed by atoms with Crippen LogP contribution in [0.4, 0.5) is 5.13 Å². The first-order valence-corrected chi connectivity index (χ1v) is 12.0. The van der Waals surface area contributed by atoms with E-state index in [4.69, 9.17) is 9.57 Å². The fourth-order valence-electron chi connectivity index (χ4n) is 3.86. The smallest absolute Gasteiger partial charge is 0.362 e. The van der Waals surface area contributed by atoms with E-state index >= 15 is 0 Å². The molecule has 4 rings (SSSR count). The summed E-state index contributed by atoms with van der Waals surface area (Å²) in [6.07, 6.45) is 1.13. The Balaban J connectivity index is 1.85. The molecule has 0 aliphatic heterocycles. The van der Waals surface area contributed by atoms with Gasteiger partial charge in [-0.2, -0.15) is 0 Å². The van der Waals surface area contributed by atoms with Crippen LogP contribution in [0.2, 0.25) is 0 Å². The van der Waals surface area contributed by atoms with Crippen LogP contribution in [0.5, 0.6) is 0 Å². The largest absolute Gasteiger partial charge is 0.461 e. The van der Waals surface area contributed by atoms with Gasteiger partial charge in [0.2, 0.25) is 5.71 Å². The van der Waals surface area contributed by atoms with Crippen molar-refractivity contribution in [3.63, 3.8) is 0 Å². The Morgan fingerprint density at radius 1 is 0.971 bits per heavy atom. The molecule has 3 aromatic carbocycles. The number of oxime groups is 1. The first kappa shape index (κ1) is 23.9. The number of benzene rings is 3. The second-order valence-corrected chi connectivity index (χ2v) is 8.30. The van der Waals surface area contributed by atoms with E-state index in [0.717, 1.165) is 23.0 Å². The van der Waals surface area contributed by atoms with Crippen LogP contribution in [0.15, 0.2) is 114 Å². The molecule has 6 nitrogen and oxygen atoms in total. The zero-order chi connectivity index (χ0) is 24.5. The molecule has 176 valence electrons. The number of hydrogen-bond donors (Lipinski definition) is 1. The van der Waals surface area contributed by atoms with E-state index in [-0.39, 0.29) is 12.3 Å². The molecule has 1 N–H and O–H groups in total. The van der Waals surface area contributed by atoms with Gasteiger partial charge in [0.15, 0.2) is 5.13 Å². The van der Waals surface area contributed by atoms with Crippen molar-refractivity contribution in [3.05, 3.63) is 132 Å². The minimum atomic E-state index is -0.738. The van der Waals surface area contributed by atoms with E-state index < -0.39 is 11.5 Å². The first-order valence-electron chi connectivity index (χ1n) is 11.1. The van der Waals surface area contributed by atoms with Crippen molar-refractivity contribution < 1.29 is 14.4 Å². The highest BCUT2D eigenvalue weighted by Gasteiger charge is 2.37. The van der Waals surface area contributed by atoms with Gasteiger partial charge in [0.05, 0.1) is 6.61 Å². The number of ether oxygens (including phenoxy) is 1. The van der Waals surface area contributed by atoms with Crippen LogP contribution >= 0.6 is 11.3 Å². The van der Waals surface area contributed by atoms with Crippen LogP contribution in [0, 0.1) is 0 Å². The molecule has 0 saturated carbocycles. The summed E-state index contributed by atoms with van der Waals surface area (Å²) in [5.41, 5.74) is 2.72. The quantitative estimate of drug-likeness (QED) is 0.0988. The highest BCUT2D eigenvalue weighted by molar-refractivity contribution is 7.14. The number of esters is 1. The molecule has 1 heterocycles. The van der Waals surface area contributed by atoms with E-state index in [9.17, 15) is 4.79 Å². The fraction of sp³-hybridized carbons (Fsp3) is 0.107. The molecular formula is C28H25N3O3S. The number of nitrogens with one attached hydrogen (secondary N) is 1. The Morgan fingerprint density at radius 2 is 1.49 bits per heavy atom. The van der Waals surface area contributed by atoms with Gasteiger partial charge in [0.1, 0.15) is 17.5 Å². The van der Waals surface area contributed by atoms with Crippen molar-refractivity contribution in [2.75, 3.05) is 11.9 Å². The third-order valence-electron chi connectivity index (χ3n) is 5.35. The predicted octanol–water partition coefficient (Wildman–Crippen LogP) is 5.97. The molecule has 0 bridgehead atoms. The lowest BCUT2D eigenvalue weighted by atomic mass is 9.77. The standard InChI is InChI=1S/C28H25N3O3S/c1-3-33-26(32)25(31-34-4-2)24-20-35-27(29-24)30-28(21-14-8-5-9-15-21,22-16-10-6-11-17-22)23-18-12-7-13-19-23/h4-20H,2-3H2,1H3,(H,29,30)/b31-25+. The summed E-state index contributed by atoms with van der Waals surface area (Å²) in [6, 6.07) is 30.6. The van der Waals surface area contributed by atoms with Gasteiger partial charge in [-0.25, -0.2) is 9.78 Å². The Bertz CT molecular complexity index is 1190. The highest BCUT2D eigenvalue weighted by Crippen LogP contribution is 2.40. The minimum Gasteiger partial charge on any atom is -0.461 e. The molecule has 0 radical (unpaired) electrons. The van der Waals surface area contributed by atoms with Crippen molar-refractivity contribution in [1.29, 1.82) is 0 Å². The van der Waals surface area contributed by atoms with Crippen LogP contribution in [0.25, 0.3) is 0 Å². The Morgan fingerprint density at radius 3 is 1.94 bits per heavy atom. The molecule has 4 aromatic rings. The first-order chi connectivity index (χ1) is 17.2. The fourth-order valence-corrected chi connectivity index (χ4v) is 4.61. The molecule has 0 unspecified atom stereocenters. The van der Waals surface area contributed by atoms with Crippen LogP contribution in [0.1, 0.15) is 29.3 Å². The molecule has 1 aromatic heterocycles. The normalized spacial score (nSPS) is 11.5. The molecule has 0 atom stereocenters. The van der Waals surface area contributed by atoms with Gasteiger partial charge >= 0.3 is 5.97 Å². The number of carbonyl (C=O) groups excluding carboxylic acids is 1. The molecule has 7 heteroatoms. The Kier molecular flexibility index (Phi) is 7.70. The maximum absolute atomic E-state index is 12.5. The predicted molar refractivity (Wildman–Crippen MR) is 139 cm³/mol. The minimum absolute atomic E-state index is 0.0271. The number of thiazole rings is 1. The molecule has 35 heavy (non-hydrogen) atoms. The third kappa shape index (κ3) is 5.15. The van der Waals surface area contributed by atoms with Crippen LogP contribution < -0.4 is 5.32 Å². The summed E-state index contributed by atoms with van der Waals surface area (Å²) < 4.78 is 5.13. The van der Waals surface area contributed by atoms with E-state index in [1.165, 1.54) is 11.3 Å². The average molecular weight is 484 g/mol. The summed E-state index contributed by atoms with van der Waals surface area (Å²) >= 11 is 1.37. The van der Waals surface area contributed by atoms with E-state index in [0.29, 0.717) is 10.8 Å². The number of rotatable bonds is 10. The number of aromatic nitrogens is 1. The molecule has 0 fully saturated rings. The Hall–Kier alpha value is -4.23. The zero-order valence-electron chi connectivity index (χ0n) is 19.3. The van der Waals surface area contributed by atoms with Gasteiger partial charge in [-0.1, -0.05) is 103 Å². The van der Waals surface area contributed by atoms with Crippen molar-refractivity contribution in [2.45, 2.75) is 12.5 Å². The molecular weight excluding hydrogens is 458 g/mol. The third-order valence-corrected chi connectivity index (χ3v) is 6.11. The molecule has 0 saturated heterocycles. The summed E-state index contributed by atoms with van der Waals surface area (Å²) in [5.74, 6) is -0.619. The lowest BCUT2D eigenvalue weighted by molar-refractivity contribution is -0.135. The zero-order valence-corrected chi connectivity index (χ0v) is 20.1. The van der Waals surface area contributed by atoms with Crippen molar-refractivity contribution in [3.8, 4) is 0 Å². The average Bonchev–Trinajstić information content (AvgIpc) is 3.37. The second-order valence-electron chi connectivity index (χ2n) is 7.44. The lowest BCUT2D eigenvalue weighted by Crippen LogP contribution is -2.38. The monoisotopic (exact) mass is 483 g/mol. The SMILES string of the molecule is C=CO/N=C(/C(=O)OCC)c1csc(NC(c2ccccc2)(c2ccccc2)c2ccccc2)n1. The number of nitrogens with zero attached hydrogens (tertiary/aromatic N) is 2. The van der Waals surface area contributed by atoms with E-state index in [1.807, 2.05) is 54.6 Å². The van der Waals surface area contributed by atoms with Crippen molar-refractivity contribution >= 4 is 28.1 Å².